The number of benzene rings is 3. The number of Topliss-reactive ketones (excluding diaryl/α,β-unsaturated/α-hetero) is 1. The Bertz CT molecular complexity index is 3220. The van der Waals surface area contributed by atoms with Crippen LogP contribution in [0.15, 0.2) is 91.0 Å². The Kier molecular flexibility index (Phi) is 52.2. The summed E-state index contributed by atoms with van der Waals surface area (Å²) in [7, 11) is 0. The molecule has 756 valence electrons. The summed E-state index contributed by atoms with van der Waals surface area (Å²) in [6.45, 7) is 27.3. The van der Waals surface area contributed by atoms with E-state index in [0.29, 0.717) is 106 Å². The normalized spacial score (nSPS) is 23.6. The van der Waals surface area contributed by atoms with Gasteiger partial charge in [0.1, 0.15) is 13.2 Å². The minimum absolute atomic E-state index is 0.00724. The molecule has 41 heteroatoms. The van der Waals surface area contributed by atoms with Crippen molar-refractivity contribution in [3.8, 4) is 0 Å². The van der Waals surface area contributed by atoms with Gasteiger partial charge in [-0.3, -0.25) is 24.4 Å². The lowest BCUT2D eigenvalue weighted by Crippen LogP contribution is -2.64. The fourth-order valence-corrected chi connectivity index (χ4v) is 15.2. The number of aliphatic hydroxyl groups excluding tert-OH is 16. The van der Waals surface area contributed by atoms with E-state index in [-0.39, 0.29) is 146 Å². The standard InChI is InChI=1S/C22H33NO6.C16H25NO6.C15H29NO6.C12H23NO4.C10H10O3.C9H21NO6.C6H15NO4/c1-21(2)26-12-18(13-27-21)23(19-14-28-22(3,4)29-15-19)17-10-24-20(25-11-17)16-8-6-5-7-9-16;18-6-13(7-19)17(14(8-20)9-21)15-10-22-16(23-11-15)12-4-2-1-3-5-12;1-14(2)19-7-12(8-20-14)16(11(5-17)6-18)13-9-21-15(3,4)22-10-13;1-11(2)14-5-9(6-15-11)13-10-7-16-12(3,4)17-8-10;11-9-6-12-10(13-7-9)8-4-2-1-3-5-8;11-1-7(2-12)10(8(3-13)4-14)9(5-15)6-16;8-1-5(2-9)7-6(3-10)4-11/h5-9,17-20H,10-15H2,1-4H3;1-5,13-16,18-21H,6-11H2;11-13,17-18H,5-10H2,1-4H3;9-10,13H,5-8H2,1-4H3;1-5,10H,6-7H2;7-9,11-16H,1-6H2;5-11H,1-4H2. The van der Waals surface area contributed by atoms with Crippen molar-refractivity contribution >= 4 is 5.78 Å². The molecule has 9 heterocycles. The number of aliphatic hydroxyl groups is 16. The fraction of sp³-hybridized carbons (Fsp3) is 0.789. The van der Waals surface area contributed by atoms with Crippen molar-refractivity contribution < 1.29 is 172 Å². The third-order valence-electron chi connectivity index (χ3n) is 22.7. The number of nitrogens with one attached hydrogen (secondary N) is 2. The first-order valence-corrected chi connectivity index (χ1v) is 44.9. The molecule has 0 spiro atoms. The van der Waals surface area contributed by atoms with Crippen molar-refractivity contribution in [2.45, 2.75) is 233 Å². The molecule has 0 unspecified atom stereocenters. The van der Waals surface area contributed by atoms with E-state index < -0.39 is 129 Å². The highest BCUT2D eigenvalue weighted by atomic mass is 16.7. The lowest BCUT2D eigenvalue weighted by Gasteiger charge is -2.50. The molecule has 131 heavy (non-hydrogen) atoms. The Morgan fingerprint density at radius 2 is 0.511 bits per heavy atom. The number of carbonyl (C=O) groups excluding carboxylic acids is 1. The van der Waals surface area contributed by atoms with Gasteiger partial charge in [0.15, 0.2) is 59.4 Å². The van der Waals surface area contributed by atoms with E-state index in [1.165, 1.54) is 4.90 Å². The molecule has 41 nitrogen and oxygen atoms in total. The predicted octanol–water partition coefficient (Wildman–Crippen LogP) is -2.43. The molecule has 0 aliphatic carbocycles. The second kappa shape index (κ2) is 59.2. The zero-order valence-corrected chi connectivity index (χ0v) is 78.4. The Morgan fingerprint density at radius 3 is 0.763 bits per heavy atom. The molecule has 0 saturated carbocycles. The van der Waals surface area contributed by atoms with E-state index >= 15 is 0 Å². The van der Waals surface area contributed by atoms with Crippen LogP contribution in [0.3, 0.4) is 0 Å². The smallest absolute Gasteiger partial charge is 0.184 e. The molecule has 18 N–H and O–H groups in total. The summed E-state index contributed by atoms with van der Waals surface area (Å²) in [6.07, 6.45) is -1.17. The van der Waals surface area contributed by atoms with Crippen LogP contribution in [0.5, 0.6) is 0 Å². The van der Waals surface area contributed by atoms with Gasteiger partial charge in [-0.05, 0) is 83.1 Å². The highest BCUT2D eigenvalue weighted by Gasteiger charge is 2.46. The lowest BCUT2D eigenvalue weighted by molar-refractivity contribution is -0.301. The van der Waals surface area contributed by atoms with Crippen LogP contribution < -0.4 is 10.6 Å². The van der Waals surface area contributed by atoms with Gasteiger partial charge in [0, 0.05) is 16.7 Å². The van der Waals surface area contributed by atoms with Crippen LogP contribution in [0.2, 0.25) is 0 Å². The van der Waals surface area contributed by atoms with Gasteiger partial charge in [-0.25, -0.2) is 0 Å². The molecule has 9 aliphatic heterocycles. The maximum absolute atomic E-state index is 10.8. The van der Waals surface area contributed by atoms with E-state index in [1.54, 1.807) is 4.90 Å². The van der Waals surface area contributed by atoms with E-state index in [1.807, 2.05) is 179 Å². The molecule has 3 aromatic carbocycles. The molecule has 0 bridgehead atoms. The molecule has 12 rings (SSSR count). The van der Waals surface area contributed by atoms with Crippen LogP contribution >= 0.6 is 0 Å². The van der Waals surface area contributed by atoms with Crippen LogP contribution in [0.25, 0.3) is 0 Å². The van der Waals surface area contributed by atoms with E-state index in [2.05, 4.69) is 15.5 Å². The Hall–Kier alpha value is -4.27. The van der Waals surface area contributed by atoms with Crippen molar-refractivity contribution in [1.82, 2.24) is 30.2 Å². The van der Waals surface area contributed by atoms with Crippen LogP contribution in [0.1, 0.15) is 119 Å². The minimum atomic E-state index is -0.742. The number of hydrogen-bond acceptors (Lipinski definition) is 41. The van der Waals surface area contributed by atoms with Gasteiger partial charge in [0.05, 0.1) is 308 Å². The number of ether oxygens (including phenoxy) is 18. The summed E-state index contributed by atoms with van der Waals surface area (Å²) in [4.78, 5) is 18.2. The van der Waals surface area contributed by atoms with Gasteiger partial charge in [-0.15, -0.1) is 0 Å². The average Bonchev–Trinajstić information content (AvgIpc) is 0.793. The maximum Gasteiger partial charge on any atom is 0.184 e. The Labute approximate surface area is 770 Å². The van der Waals surface area contributed by atoms with Crippen LogP contribution in [-0.2, 0) is 90.1 Å². The lowest BCUT2D eigenvalue weighted by atomic mass is 10.1. The van der Waals surface area contributed by atoms with Crippen molar-refractivity contribution in [2.24, 2.45) is 0 Å². The van der Waals surface area contributed by atoms with Crippen LogP contribution in [0, 0.1) is 0 Å². The van der Waals surface area contributed by atoms with Crippen molar-refractivity contribution in [3.05, 3.63) is 108 Å². The van der Waals surface area contributed by atoms with Crippen LogP contribution in [-0.4, -0.2) is 463 Å². The number of hydrogen-bond donors (Lipinski definition) is 18. The average molecular weight is 1880 g/mol. The van der Waals surface area contributed by atoms with Gasteiger partial charge in [-0.1, -0.05) is 91.0 Å². The van der Waals surface area contributed by atoms with Gasteiger partial charge in [0.25, 0.3) is 0 Å². The van der Waals surface area contributed by atoms with Crippen molar-refractivity contribution in [2.75, 3.05) is 225 Å². The van der Waals surface area contributed by atoms with Crippen molar-refractivity contribution in [3.63, 3.8) is 0 Å². The SMILES string of the molecule is CC1(C)OCC(N(C(CO)CO)C2COC(C)(C)OC2)CO1.CC1(C)OCC(N(C2COC(c3ccccc3)OC2)C2COC(C)(C)OC2)CO1.CC1(C)OCC(NC2COC(C)(C)OC2)CO1.O=C1COC(c2ccccc2)OC1.OCC(CO)N(C(CO)CO)C(CO)CO.OCC(CO)N(C(CO)CO)C1COC(c2ccccc2)OC1.OCC(CO)NC(CO)CO. The second-order valence-corrected chi connectivity index (χ2v) is 35.5. The monoisotopic (exact) mass is 1880 g/mol. The summed E-state index contributed by atoms with van der Waals surface area (Å²) in [5, 5.41) is 152. The van der Waals surface area contributed by atoms with Crippen molar-refractivity contribution in [1.29, 1.82) is 0 Å². The molecule has 9 saturated heterocycles. The Balaban J connectivity index is 0.000000240. The van der Waals surface area contributed by atoms with E-state index in [0.717, 1.165) is 16.7 Å². The Morgan fingerprint density at radius 1 is 0.282 bits per heavy atom. The van der Waals surface area contributed by atoms with Gasteiger partial charge < -0.3 is 178 Å². The molecule has 9 fully saturated rings. The highest BCUT2D eigenvalue weighted by Crippen LogP contribution is 2.34. The predicted molar refractivity (Wildman–Crippen MR) is 472 cm³/mol. The third-order valence-corrected chi connectivity index (χ3v) is 22.7. The second-order valence-electron chi connectivity index (χ2n) is 35.5. The summed E-state index contributed by atoms with van der Waals surface area (Å²) in [5.74, 6) is -3.23. The molecule has 3 aromatic rings. The first kappa shape index (κ1) is 115. The number of carbonyl (C=O) groups is 1. The third kappa shape index (κ3) is 39.2. The number of nitrogens with zero attached hydrogens (tertiary/aromatic N) is 4. The van der Waals surface area contributed by atoms with Crippen LogP contribution in [0.4, 0.5) is 0 Å². The fourth-order valence-electron chi connectivity index (χ4n) is 15.2. The zero-order chi connectivity index (χ0) is 96.4. The largest absolute Gasteiger partial charge is 0.395 e. The molecular formula is C90H156N6O35. The topological polar surface area (TPSA) is 544 Å². The van der Waals surface area contributed by atoms with Gasteiger partial charge >= 0.3 is 0 Å². The summed E-state index contributed by atoms with van der Waals surface area (Å²) in [6, 6.07) is 24.7. The van der Waals surface area contributed by atoms with E-state index in [4.69, 9.17) is 136 Å². The molecule has 0 atom stereocenters. The summed E-state index contributed by atoms with van der Waals surface area (Å²) < 4.78 is 103. The van der Waals surface area contributed by atoms with Gasteiger partial charge in [0.2, 0.25) is 0 Å². The first-order chi connectivity index (χ1) is 62.5. The summed E-state index contributed by atoms with van der Waals surface area (Å²) >= 11 is 0. The van der Waals surface area contributed by atoms with Gasteiger partial charge in [-0.2, -0.15) is 0 Å². The quantitative estimate of drug-likeness (QED) is 0.0291. The molecule has 0 amide bonds. The maximum atomic E-state index is 10.8. The number of rotatable bonds is 35. The van der Waals surface area contributed by atoms with E-state index in [9.17, 15) is 35.4 Å². The minimum Gasteiger partial charge on any atom is -0.395 e. The molecule has 0 aromatic heterocycles. The first-order valence-electron chi connectivity index (χ1n) is 44.9. The highest BCUT2D eigenvalue weighted by molar-refractivity contribution is 5.81. The molecular weight excluding hydrogens is 1720 g/mol. The number of ketones is 1. The molecule has 9 aliphatic rings. The molecule has 0 radical (unpaired) electrons. The summed E-state index contributed by atoms with van der Waals surface area (Å²) in [5.41, 5.74) is 2.91. The zero-order valence-electron chi connectivity index (χ0n) is 78.4.